The van der Waals surface area contributed by atoms with Gasteiger partial charge in [0.1, 0.15) is 19.9 Å². The topological polar surface area (TPSA) is 150 Å². The number of alkyl halides is 1. The van der Waals surface area contributed by atoms with E-state index in [1.165, 1.54) is 12.1 Å². The fraction of sp³-hybridized carbons (Fsp3) is 0.357. The van der Waals surface area contributed by atoms with Crippen LogP contribution in [0.3, 0.4) is 0 Å². The third kappa shape index (κ3) is 6.06. The number of hydrogen-bond donors (Lipinski definition) is 3. The lowest BCUT2D eigenvalue weighted by Gasteiger charge is -2.09. The Bertz CT molecular complexity index is 793. The quantitative estimate of drug-likeness (QED) is 0.506. The molecule has 0 aliphatic rings. The van der Waals surface area contributed by atoms with Crippen LogP contribution in [0.1, 0.15) is 5.56 Å². The summed E-state index contributed by atoms with van der Waals surface area (Å²) in [6.07, 6.45) is 0. The molecule has 0 aliphatic carbocycles. The smallest absolute Gasteiger partial charge is 0.324 e. The zero-order valence-electron chi connectivity index (χ0n) is 13.6. The number of benzene rings is 1. The number of halogens is 1. The molecule has 1 heterocycles. The van der Waals surface area contributed by atoms with Crippen LogP contribution in [0.2, 0.25) is 0 Å². The average Bonchev–Trinajstić information content (AvgIpc) is 2.62. The van der Waals surface area contributed by atoms with Crippen molar-refractivity contribution in [2.45, 2.75) is 11.4 Å². The molecule has 0 spiro atoms. The lowest BCUT2D eigenvalue weighted by atomic mass is 10.2. The maximum atomic E-state index is 12.2. The summed E-state index contributed by atoms with van der Waals surface area (Å²) in [7, 11) is -3.75. The molecule has 10 nitrogen and oxygen atoms in total. The van der Waals surface area contributed by atoms with Gasteiger partial charge >= 0.3 is 12.0 Å². The second-order valence-corrected chi connectivity index (χ2v) is 6.44. The highest BCUT2D eigenvalue weighted by Crippen LogP contribution is 2.15. The molecule has 0 amide bonds. The molecule has 4 N–H and O–H groups in total. The van der Waals surface area contributed by atoms with E-state index in [1.54, 1.807) is 12.1 Å². The summed E-state index contributed by atoms with van der Waals surface area (Å²) in [5.41, 5.74) is 0.738. The van der Waals surface area contributed by atoms with Gasteiger partial charge in [0.2, 0.25) is 16.0 Å². The number of ether oxygens (including phenoxy) is 2. The first kappa shape index (κ1) is 19.8. The maximum Gasteiger partial charge on any atom is 0.324 e. The van der Waals surface area contributed by atoms with Crippen LogP contribution >= 0.6 is 0 Å². The van der Waals surface area contributed by atoms with Crippen LogP contribution < -0.4 is 19.9 Å². The van der Waals surface area contributed by atoms with Gasteiger partial charge in [-0.25, -0.2) is 17.9 Å². The normalized spacial score (nSPS) is 11.2. The average molecular weight is 387 g/mol. The highest BCUT2D eigenvalue weighted by atomic mass is 32.2. The van der Waals surface area contributed by atoms with E-state index in [4.69, 9.17) is 19.7 Å². The van der Waals surface area contributed by atoms with Crippen LogP contribution in [0.4, 0.5) is 10.3 Å². The van der Waals surface area contributed by atoms with Crippen LogP contribution in [0.25, 0.3) is 0 Å². The van der Waals surface area contributed by atoms with Crippen molar-refractivity contribution in [2.24, 2.45) is 5.14 Å². The maximum absolute atomic E-state index is 12.2. The number of nitrogens with zero attached hydrogens (tertiary/aromatic N) is 3. The Morgan fingerprint density at radius 3 is 2.23 bits per heavy atom. The predicted molar refractivity (Wildman–Crippen MR) is 89.0 cm³/mol. The highest BCUT2D eigenvalue weighted by Gasteiger charge is 2.10. The Morgan fingerprint density at radius 2 is 1.69 bits per heavy atom. The van der Waals surface area contributed by atoms with Gasteiger partial charge in [0.15, 0.2) is 0 Å². The van der Waals surface area contributed by atoms with Crippen molar-refractivity contribution in [1.82, 2.24) is 15.0 Å². The number of rotatable bonds is 10. The minimum Gasteiger partial charge on any atom is -0.461 e. The molecule has 26 heavy (non-hydrogen) atoms. The molecule has 2 rings (SSSR count). The highest BCUT2D eigenvalue weighted by molar-refractivity contribution is 7.89. The Kier molecular flexibility index (Phi) is 7.00. The molecule has 1 aromatic heterocycles. The molecule has 1 aromatic carbocycles. The second-order valence-electron chi connectivity index (χ2n) is 4.88. The van der Waals surface area contributed by atoms with E-state index >= 15 is 0 Å². The Balaban J connectivity index is 2.09. The van der Waals surface area contributed by atoms with Crippen molar-refractivity contribution >= 4 is 16.0 Å². The third-order valence-electron chi connectivity index (χ3n) is 2.93. The van der Waals surface area contributed by atoms with E-state index in [9.17, 15) is 12.8 Å². The Morgan fingerprint density at radius 1 is 1.08 bits per heavy atom. The molecule has 2 aromatic rings. The van der Waals surface area contributed by atoms with Crippen LogP contribution in [-0.4, -0.2) is 55.0 Å². The Hall–Kier alpha value is -2.57. The molecule has 0 fully saturated rings. The monoisotopic (exact) mass is 387 g/mol. The van der Waals surface area contributed by atoms with Crippen molar-refractivity contribution in [3.05, 3.63) is 29.8 Å². The molecular formula is C14H18FN5O5S. The number of aliphatic hydroxyl groups excluding tert-OH is 1. The number of sulfonamides is 1. The van der Waals surface area contributed by atoms with Crippen molar-refractivity contribution in [3.8, 4) is 12.0 Å². The summed E-state index contributed by atoms with van der Waals surface area (Å²) < 4.78 is 44.8. The molecular weight excluding hydrogens is 369 g/mol. The zero-order valence-corrected chi connectivity index (χ0v) is 14.4. The van der Waals surface area contributed by atoms with E-state index in [2.05, 4.69) is 20.3 Å². The second kappa shape index (κ2) is 9.22. The minimum absolute atomic E-state index is 0.00279. The summed E-state index contributed by atoms with van der Waals surface area (Å²) >= 11 is 0. The van der Waals surface area contributed by atoms with E-state index in [0.717, 1.165) is 5.56 Å². The van der Waals surface area contributed by atoms with Crippen molar-refractivity contribution in [2.75, 3.05) is 31.8 Å². The van der Waals surface area contributed by atoms with Gasteiger partial charge in [-0.1, -0.05) is 12.1 Å². The van der Waals surface area contributed by atoms with Gasteiger partial charge < -0.3 is 19.9 Å². The number of aromatic nitrogens is 3. The summed E-state index contributed by atoms with van der Waals surface area (Å²) in [5.74, 6) is 0.109. The summed E-state index contributed by atoms with van der Waals surface area (Å²) in [5, 5.41) is 16.7. The number of hydrogen-bond acceptors (Lipinski definition) is 9. The van der Waals surface area contributed by atoms with E-state index in [0.29, 0.717) is 0 Å². The first-order valence-corrected chi connectivity index (χ1v) is 9.01. The summed E-state index contributed by atoms with van der Waals surface area (Å²) in [6.45, 7) is -0.932. The number of aliphatic hydroxyl groups is 1. The van der Waals surface area contributed by atoms with Gasteiger partial charge in [-0.05, 0) is 17.7 Å². The molecule has 12 heteroatoms. The summed E-state index contributed by atoms with van der Waals surface area (Å²) in [6, 6.07) is 5.71. The lowest BCUT2D eigenvalue weighted by Crippen LogP contribution is -2.13. The minimum atomic E-state index is -3.75. The summed E-state index contributed by atoms with van der Waals surface area (Å²) in [4.78, 5) is 11.8. The standard InChI is InChI=1S/C14H18FN5O5S/c15-5-7-24-13-18-12(19-14(20-13)25-8-6-21)17-9-10-1-3-11(4-2-10)26(16,22)23/h1-4,21H,5-9H2,(H2,16,22,23)(H,17,18,19,20). The molecule has 0 saturated carbocycles. The molecule has 0 radical (unpaired) electrons. The van der Waals surface area contributed by atoms with E-state index in [-0.39, 0.29) is 49.2 Å². The number of anilines is 1. The molecule has 0 aliphatic heterocycles. The van der Waals surface area contributed by atoms with Gasteiger partial charge in [0, 0.05) is 6.54 Å². The number of nitrogens with two attached hydrogens (primary N) is 1. The zero-order chi connectivity index (χ0) is 19.0. The van der Waals surface area contributed by atoms with E-state index in [1.807, 2.05) is 0 Å². The van der Waals surface area contributed by atoms with Crippen LogP contribution in [-0.2, 0) is 16.6 Å². The van der Waals surface area contributed by atoms with Crippen LogP contribution in [0.15, 0.2) is 29.2 Å². The molecule has 142 valence electrons. The fourth-order valence-electron chi connectivity index (χ4n) is 1.79. The Labute approximate surface area is 149 Å². The first-order valence-electron chi connectivity index (χ1n) is 7.46. The third-order valence-corrected chi connectivity index (χ3v) is 3.86. The predicted octanol–water partition coefficient (Wildman–Crippen LogP) is -0.150. The molecule has 0 saturated heterocycles. The molecule has 0 atom stereocenters. The van der Waals surface area contributed by atoms with Crippen LogP contribution in [0.5, 0.6) is 12.0 Å². The first-order chi connectivity index (χ1) is 12.4. The van der Waals surface area contributed by atoms with Gasteiger partial charge in [-0.2, -0.15) is 9.97 Å². The van der Waals surface area contributed by atoms with Crippen molar-refractivity contribution in [1.29, 1.82) is 0 Å². The number of nitrogens with one attached hydrogen (secondary N) is 1. The fourth-order valence-corrected chi connectivity index (χ4v) is 2.31. The van der Waals surface area contributed by atoms with Crippen molar-refractivity contribution in [3.63, 3.8) is 0 Å². The number of primary sulfonamides is 1. The van der Waals surface area contributed by atoms with Gasteiger partial charge in [-0.15, -0.1) is 4.98 Å². The molecule has 0 unspecified atom stereocenters. The lowest BCUT2D eigenvalue weighted by molar-refractivity contribution is 0.187. The van der Waals surface area contributed by atoms with E-state index < -0.39 is 16.7 Å². The largest absolute Gasteiger partial charge is 0.461 e. The van der Waals surface area contributed by atoms with Gasteiger partial charge in [-0.3, -0.25) is 0 Å². The van der Waals surface area contributed by atoms with Gasteiger partial charge in [0.25, 0.3) is 0 Å². The van der Waals surface area contributed by atoms with Crippen molar-refractivity contribution < 1.29 is 27.4 Å². The van der Waals surface area contributed by atoms with Crippen LogP contribution in [0, 0.1) is 0 Å². The molecule has 0 bridgehead atoms. The SMILES string of the molecule is NS(=O)(=O)c1ccc(CNc2nc(OCCO)nc(OCCF)n2)cc1. The van der Waals surface area contributed by atoms with Gasteiger partial charge in [0.05, 0.1) is 11.5 Å².